The molecule has 0 unspecified atom stereocenters. The Labute approximate surface area is 182 Å². The zero-order valence-corrected chi connectivity index (χ0v) is 21.4. The molecule has 2 heterocycles. The van der Waals surface area contributed by atoms with Gasteiger partial charge in [0.1, 0.15) is 0 Å². The molecule has 0 radical (unpaired) electrons. The lowest BCUT2D eigenvalue weighted by Gasteiger charge is -2.52. The van der Waals surface area contributed by atoms with E-state index in [0.29, 0.717) is 5.41 Å². The Morgan fingerprint density at radius 3 is 1.52 bits per heavy atom. The molecule has 172 valence electrons. The zero-order chi connectivity index (χ0) is 22.1. The van der Waals surface area contributed by atoms with Crippen LogP contribution in [0.25, 0.3) is 0 Å². The van der Waals surface area contributed by atoms with Crippen molar-refractivity contribution in [3.63, 3.8) is 0 Å². The number of ether oxygens (including phenoxy) is 1. The third-order valence-electron chi connectivity index (χ3n) is 8.11. The Morgan fingerprint density at radius 1 is 0.690 bits per heavy atom. The highest BCUT2D eigenvalue weighted by Crippen LogP contribution is 2.42. The Balaban J connectivity index is 1.93. The summed E-state index contributed by atoms with van der Waals surface area (Å²) in [6, 6.07) is 0. The monoisotopic (exact) mass is 409 g/mol. The Bertz CT molecular complexity index is 510. The van der Waals surface area contributed by atoms with E-state index >= 15 is 0 Å². The Hall–Kier alpha value is -0.160. The van der Waals surface area contributed by atoms with Crippen LogP contribution in [0.5, 0.6) is 0 Å². The molecule has 0 N–H and O–H groups in total. The van der Waals surface area contributed by atoms with Gasteiger partial charge in [-0.15, -0.1) is 0 Å². The summed E-state index contributed by atoms with van der Waals surface area (Å²) in [5, 5.41) is 0. The minimum Gasteiger partial charge on any atom is -0.379 e. The second-order valence-corrected chi connectivity index (χ2v) is 12.5. The summed E-state index contributed by atoms with van der Waals surface area (Å²) in [6.45, 7) is 26.4. The van der Waals surface area contributed by atoms with Crippen LogP contribution < -0.4 is 0 Å². The second-order valence-electron chi connectivity index (χ2n) is 12.5. The van der Waals surface area contributed by atoms with Gasteiger partial charge in [0.15, 0.2) is 0 Å². The van der Waals surface area contributed by atoms with Gasteiger partial charge in [-0.05, 0) is 98.7 Å². The van der Waals surface area contributed by atoms with Crippen molar-refractivity contribution in [1.82, 2.24) is 14.7 Å². The molecule has 0 aromatic rings. The topological polar surface area (TPSA) is 19.0 Å². The van der Waals surface area contributed by atoms with E-state index in [0.717, 1.165) is 25.4 Å². The number of piperazine rings is 1. The summed E-state index contributed by atoms with van der Waals surface area (Å²) in [6.07, 6.45) is 5.06. The fraction of sp³-hybridized carbons (Fsp3) is 1.00. The lowest BCUT2D eigenvalue weighted by atomic mass is 9.67. The fourth-order valence-corrected chi connectivity index (χ4v) is 6.30. The number of nitrogens with zero attached hydrogens (tertiary/aromatic N) is 3. The van der Waals surface area contributed by atoms with Crippen molar-refractivity contribution in [1.29, 1.82) is 0 Å². The molecule has 0 spiro atoms. The first-order valence-corrected chi connectivity index (χ1v) is 11.9. The molecule has 4 heteroatoms. The standard InChI is InChI=1S/C25H51N3O/c1-22(2,21-11-13-26(9)14-12-21)19-23(3,4)27-15-17-28(18-16-27)24(5,6)20-25(7,8)29-10/h21H,11-20H2,1-10H3. The highest BCUT2D eigenvalue weighted by atomic mass is 16.5. The van der Waals surface area contributed by atoms with Gasteiger partial charge in [-0.25, -0.2) is 0 Å². The van der Waals surface area contributed by atoms with Crippen LogP contribution in [0.15, 0.2) is 0 Å². The van der Waals surface area contributed by atoms with Gasteiger partial charge >= 0.3 is 0 Å². The van der Waals surface area contributed by atoms with E-state index in [1.165, 1.54) is 45.4 Å². The lowest BCUT2D eigenvalue weighted by molar-refractivity contribution is -0.0570. The smallest absolute Gasteiger partial charge is 0.0640 e. The van der Waals surface area contributed by atoms with Crippen molar-refractivity contribution in [2.45, 2.75) is 97.8 Å². The molecule has 2 saturated heterocycles. The number of rotatable bonds is 8. The summed E-state index contributed by atoms with van der Waals surface area (Å²) in [5.74, 6) is 0.856. The van der Waals surface area contributed by atoms with E-state index < -0.39 is 0 Å². The molecule has 0 atom stereocenters. The SMILES string of the molecule is COC(C)(C)CC(C)(C)N1CCN(C(C)(C)CC(C)(C)C2CCN(C)CC2)CC1. The molecule has 0 aromatic carbocycles. The predicted molar refractivity (Wildman–Crippen MR) is 126 cm³/mol. The maximum absolute atomic E-state index is 5.72. The first kappa shape index (κ1) is 25.1. The summed E-state index contributed by atoms with van der Waals surface area (Å²) >= 11 is 0. The fourth-order valence-electron chi connectivity index (χ4n) is 6.30. The number of likely N-dealkylation sites (tertiary alicyclic amines) is 1. The quantitative estimate of drug-likeness (QED) is 0.576. The van der Waals surface area contributed by atoms with E-state index in [1.54, 1.807) is 0 Å². The van der Waals surface area contributed by atoms with Gasteiger partial charge in [-0.1, -0.05) is 13.8 Å². The molecular weight excluding hydrogens is 358 g/mol. The Morgan fingerprint density at radius 2 is 1.10 bits per heavy atom. The molecule has 0 amide bonds. The second kappa shape index (κ2) is 9.14. The average molecular weight is 410 g/mol. The van der Waals surface area contributed by atoms with Gasteiger partial charge in [-0.3, -0.25) is 9.80 Å². The highest BCUT2D eigenvalue weighted by Gasteiger charge is 2.41. The lowest BCUT2D eigenvalue weighted by Crippen LogP contribution is -2.61. The van der Waals surface area contributed by atoms with Crippen molar-refractivity contribution in [2.75, 3.05) is 53.4 Å². The molecule has 0 aliphatic carbocycles. The number of hydrogen-bond donors (Lipinski definition) is 0. The zero-order valence-electron chi connectivity index (χ0n) is 21.4. The summed E-state index contributed by atoms with van der Waals surface area (Å²) in [4.78, 5) is 7.93. The van der Waals surface area contributed by atoms with Crippen molar-refractivity contribution < 1.29 is 4.74 Å². The largest absolute Gasteiger partial charge is 0.379 e. The van der Waals surface area contributed by atoms with Gasteiger partial charge in [0.25, 0.3) is 0 Å². The van der Waals surface area contributed by atoms with Crippen molar-refractivity contribution in [3.8, 4) is 0 Å². The van der Waals surface area contributed by atoms with Crippen LogP contribution >= 0.6 is 0 Å². The molecule has 2 rings (SSSR count). The molecular formula is C25H51N3O. The third-order valence-corrected chi connectivity index (χ3v) is 8.11. The minimum atomic E-state index is -0.0714. The van der Waals surface area contributed by atoms with Crippen LogP contribution in [0, 0.1) is 11.3 Å². The van der Waals surface area contributed by atoms with Crippen LogP contribution in [-0.2, 0) is 4.74 Å². The van der Waals surface area contributed by atoms with Crippen LogP contribution in [0.1, 0.15) is 81.1 Å². The van der Waals surface area contributed by atoms with E-state index in [4.69, 9.17) is 4.74 Å². The maximum atomic E-state index is 5.72. The summed E-state index contributed by atoms with van der Waals surface area (Å²) in [7, 11) is 4.10. The molecule has 4 nitrogen and oxygen atoms in total. The summed E-state index contributed by atoms with van der Waals surface area (Å²) < 4.78 is 5.72. The summed E-state index contributed by atoms with van der Waals surface area (Å²) in [5.41, 5.74) is 0.764. The highest BCUT2D eigenvalue weighted by molar-refractivity contribution is 4.96. The maximum Gasteiger partial charge on any atom is 0.0640 e. The van der Waals surface area contributed by atoms with Crippen molar-refractivity contribution in [2.24, 2.45) is 11.3 Å². The first-order chi connectivity index (χ1) is 13.2. The van der Waals surface area contributed by atoms with E-state index in [1.807, 2.05) is 7.11 Å². The molecule has 2 aliphatic heterocycles. The number of hydrogen-bond acceptors (Lipinski definition) is 4. The minimum absolute atomic E-state index is 0.0714. The number of methoxy groups -OCH3 is 1. The van der Waals surface area contributed by atoms with Gasteiger partial charge in [0.2, 0.25) is 0 Å². The molecule has 2 aliphatic rings. The van der Waals surface area contributed by atoms with Gasteiger partial charge in [0.05, 0.1) is 5.60 Å². The normalized spacial score (nSPS) is 23.0. The molecule has 29 heavy (non-hydrogen) atoms. The van der Waals surface area contributed by atoms with Crippen LogP contribution in [0.3, 0.4) is 0 Å². The van der Waals surface area contributed by atoms with Gasteiger partial charge in [0, 0.05) is 44.4 Å². The van der Waals surface area contributed by atoms with Crippen LogP contribution in [-0.4, -0.2) is 84.8 Å². The van der Waals surface area contributed by atoms with E-state index in [2.05, 4.69) is 77.1 Å². The third kappa shape index (κ3) is 6.66. The molecule has 0 bridgehead atoms. The average Bonchev–Trinajstić information content (AvgIpc) is 2.60. The van der Waals surface area contributed by atoms with Crippen molar-refractivity contribution in [3.05, 3.63) is 0 Å². The van der Waals surface area contributed by atoms with Crippen LogP contribution in [0.2, 0.25) is 0 Å². The molecule has 2 fully saturated rings. The van der Waals surface area contributed by atoms with Gasteiger partial charge < -0.3 is 9.64 Å². The predicted octanol–water partition coefficient (Wildman–Crippen LogP) is 4.73. The molecule has 0 aromatic heterocycles. The number of piperidine rings is 1. The Kier molecular flexibility index (Phi) is 7.91. The molecule has 0 saturated carbocycles. The van der Waals surface area contributed by atoms with E-state index in [-0.39, 0.29) is 16.7 Å². The van der Waals surface area contributed by atoms with Gasteiger partial charge in [-0.2, -0.15) is 0 Å². The van der Waals surface area contributed by atoms with E-state index in [9.17, 15) is 0 Å². The van der Waals surface area contributed by atoms with Crippen molar-refractivity contribution >= 4 is 0 Å². The van der Waals surface area contributed by atoms with Crippen LogP contribution in [0.4, 0.5) is 0 Å². The first-order valence-electron chi connectivity index (χ1n) is 11.9.